The molecule has 10 nitrogen and oxygen atoms in total. The lowest BCUT2D eigenvalue weighted by Gasteiger charge is -2.37. The number of carbonyl (C=O) groups is 1. The first-order valence-corrected chi connectivity index (χ1v) is 11.3. The quantitative estimate of drug-likeness (QED) is 0.590. The molecule has 2 saturated heterocycles. The standard InChI is InChI=1S/C25H24N4O6/c1-32-15-7-3-13(4-8-15)20-21(14-5-9-16(33-2)10-6-14)27-23-22(26-20)24-29(25(31)28-23)19-11-17(30)18(35-19)12-34-24/h3-10,17-19,24,30H,11-12H2,1-2H3,(H,27,28,31)/t17-,18+,19+,24-/m0/s1. The Morgan fingerprint density at radius 1 is 0.971 bits per heavy atom. The molecule has 0 radical (unpaired) electrons. The number of urea groups is 1. The van der Waals surface area contributed by atoms with Gasteiger partial charge in [-0.1, -0.05) is 0 Å². The maximum atomic E-state index is 13.1. The lowest BCUT2D eigenvalue weighted by atomic mass is 10.0. The van der Waals surface area contributed by atoms with Crippen LogP contribution in [0.1, 0.15) is 18.3 Å². The number of nitrogens with one attached hydrogen (secondary N) is 1. The van der Waals surface area contributed by atoms with Gasteiger partial charge >= 0.3 is 6.03 Å². The lowest BCUT2D eigenvalue weighted by molar-refractivity contribution is -0.0703. The number of amides is 2. The highest BCUT2D eigenvalue weighted by Crippen LogP contribution is 2.42. The second-order valence-corrected chi connectivity index (χ2v) is 8.57. The molecule has 10 heteroatoms. The van der Waals surface area contributed by atoms with Gasteiger partial charge in [0, 0.05) is 17.5 Å². The molecule has 2 aromatic carbocycles. The Hall–Kier alpha value is -3.73. The van der Waals surface area contributed by atoms with E-state index in [1.165, 1.54) is 4.90 Å². The van der Waals surface area contributed by atoms with Gasteiger partial charge in [-0.15, -0.1) is 0 Å². The smallest absolute Gasteiger partial charge is 0.327 e. The van der Waals surface area contributed by atoms with Crippen molar-refractivity contribution >= 4 is 11.8 Å². The number of anilines is 1. The van der Waals surface area contributed by atoms with E-state index in [1.54, 1.807) is 14.2 Å². The average Bonchev–Trinajstić information content (AvgIpc) is 3.13. The van der Waals surface area contributed by atoms with Crippen molar-refractivity contribution in [3.63, 3.8) is 0 Å². The molecule has 3 aliphatic rings. The van der Waals surface area contributed by atoms with Crippen molar-refractivity contribution in [1.82, 2.24) is 14.9 Å². The molecule has 1 aromatic heterocycles. The number of benzene rings is 2. The molecule has 2 fully saturated rings. The van der Waals surface area contributed by atoms with E-state index < -0.39 is 30.7 Å². The molecule has 2 N–H and O–H groups in total. The second-order valence-electron chi connectivity index (χ2n) is 8.57. The zero-order valence-corrected chi connectivity index (χ0v) is 19.2. The first-order chi connectivity index (χ1) is 17.1. The molecule has 2 bridgehead atoms. The number of aliphatic hydroxyl groups excluding tert-OH is 1. The summed E-state index contributed by atoms with van der Waals surface area (Å²) in [6.45, 7) is 0.144. The van der Waals surface area contributed by atoms with E-state index in [-0.39, 0.29) is 6.61 Å². The Balaban J connectivity index is 1.50. The van der Waals surface area contributed by atoms with Gasteiger partial charge in [0.1, 0.15) is 29.5 Å². The Morgan fingerprint density at radius 3 is 2.17 bits per heavy atom. The molecule has 0 saturated carbocycles. The average molecular weight is 476 g/mol. The largest absolute Gasteiger partial charge is 0.497 e. The summed E-state index contributed by atoms with van der Waals surface area (Å²) in [5, 5.41) is 13.1. The van der Waals surface area contributed by atoms with E-state index in [4.69, 9.17) is 28.9 Å². The molecule has 0 unspecified atom stereocenters. The summed E-state index contributed by atoms with van der Waals surface area (Å²) in [7, 11) is 3.23. The molecular formula is C25H24N4O6. The molecular weight excluding hydrogens is 452 g/mol. The Kier molecular flexibility index (Phi) is 5.28. The lowest BCUT2D eigenvalue weighted by Crippen LogP contribution is -2.49. The molecule has 3 aromatic rings. The number of hydrogen-bond acceptors (Lipinski definition) is 8. The molecule has 6 rings (SSSR count). The predicted molar refractivity (Wildman–Crippen MR) is 125 cm³/mol. The van der Waals surface area contributed by atoms with Crippen LogP contribution in [0.25, 0.3) is 22.5 Å². The highest BCUT2D eigenvalue weighted by atomic mass is 16.6. The highest BCUT2D eigenvalue weighted by Gasteiger charge is 2.49. The van der Waals surface area contributed by atoms with Crippen LogP contribution in [-0.4, -0.2) is 65.3 Å². The summed E-state index contributed by atoms with van der Waals surface area (Å²) in [5.41, 5.74) is 3.37. The fourth-order valence-corrected chi connectivity index (χ4v) is 4.68. The van der Waals surface area contributed by atoms with Crippen molar-refractivity contribution in [2.45, 2.75) is 31.1 Å². The maximum absolute atomic E-state index is 13.1. The normalized spacial score (nSPS) is 24.8. The number of carbonyl (C=O) groups excluding carboxylic acids is 1. The van der Waals surface area contributed by atoms with Crippen molar-refractivity contribution in [3.8, 4) is 34.0 Å². The van der Waals surface area contributed by atoms with Crippen molar-refractivity contribution < 1.29 is 28.8 Å². The number of aromatic nitrogens is 2. The van der Waals surface area contributed by atoms with Crippen LogP contribution < -0.4 is 14.8 Å². The Labute approximate surface area is 201 Å². The molecule has 4 atom stereocenters. The van der Waals surface area contributed by atoms with E-state index in [0.29, 0.717) is 29.3 Å². The Morgan fingerprint density at radius 2 is 1.57 bits per heavy atom. The first kappa shape index (κ1) is 21.8. The van der Waals surface area contributed by atoms with Gasteiger partial charge in [-0.2, -0.15) is 0 Å². The van der Waals surface area contributed by atoms with Gasteiger partial charge in [-0.25, -0.2) is 14.8 Å². The van der Waals surface area contributed by atoms with Crippen LogP contribution in [-0.2, 0) is 9.47 Å². The fourth-order valence-electron chi connectivity index (χ4n) is 4.68. The molecule has 35 heavy (non-hydrogen) atoms. The van der Waals surface area contributed by atoms with Gasteiger partial charge in [0.15, 0.2) is 12.0 Å². The molecule has 0 spiro atoms. The third-order valence-electron chi connectivity index (χ3n) is 6.53. The number of rotatable bonds is 4. The second kappa shape index (κ2) is 8.49. The summed E-state index contributed by atoms with van der Waals surface area (Å²) < 4.78 is 22.5. The zero-order valence-electron chi connectivity index (χ0n) is 19.2. The van der Waals surface area contributed by atoms with Gasteiger partial charge in [0.25, 0.3) is 0 Å². The minimum atomic E-state index is -0.782. The number of methoxy groups -OCH3 is 2. The van der Waals surface area contributed by atoms with Crippen LogP contribution in [0.15, 0.2) is 48.5 Å². The fraction of sp³-hybridized carbons (Fsp3) is 0.320. The van der Waals surface area contributed by atoms with Gasteiger partial charge in [-0.05, 0) is 48.5 Å². The van der Waals surface area contributed by atoms with Crippen molar-refractivity contribution in [1.29, 1.82) is 0 Å². The maximum Gasteiger partial charge on any atom is 0.327 e. The van der Waals surface area contributed by atoms with Gasteiger partial charge in [0.2, 0.25) is 0 Å². The van der Waals surface area contributed by atoms with Crippen molar-refractivity contribution in [2.75, 3.05) is 26.1 Å². The number of ether oxygens (including phenoxy) is 4. The summed E-state index contributed by atoms with van der Waals surface area (Å²) in [6.07, 6.45) is -2.25. The Bertz CT molecular complexity index is 1270. The summed E-state index contributed by atoms with van der Waals surface area (Å²) in [6, 6.07) is 14.6. The summed E-state index contributed by atoms with van der Waals surface area (Å²) in [4.78, 5) is 24.4. The SMILES string of the molecule is COc1ccc(-c2nc3c(nc2-c2ccc(OC)cc2)[C@@H]2OC[C@H]4O[C@H](C[C@@H]4O)N2C(=O)N3)cc1. The number of aliphatic hydroxyl groups is 1. The molecule has 0 aliphatic carbocycles. The topological polar surface area (TPSA) is 115 Å². The summed E-state index contributed by atoms with van der Waals surface area (Å²) in [5.74, 6) is 1.78. The molecule has 4 heterocycles. The molecule has 180 valence electrons. The number of nitrogens with zero attached hydrogens (tertiary/aromatic N) is 3. The van der Waals surface area contributed by atoms with Crippen LogP contribution >= 0.6 is 0 Å². The van der Waals surface area contributed by atoms with Crippen LogP contribution in [0.3, 0.4) is 0 Å². The van der Waals surface area contributed by atoms with Gasteiger partial charge in [0.05, 0.1) is 38.3 Å². The third-order valence-corrected chi connectivity index (χ3v) is 6.53. The summed E-state index contributed by atoms with van der Waals surface area (Å²) >= 11 is 0. The number of fused-ring (bicyclic) bond motifs is 6. The van der Waals surface area contributed by atoms with E-state index in [0.717, 1.165) is 22.6 Å². The van der Waals surface area contributed by atoms with Crippen molar-refractivity contribution in [3.05, 3.63) is 54.2 Å². The molecule has 2 amide bonds. The third kappa shape index (κ3) is 3.66. The van der Waals surface area contributed by atoms with Crippen molar-refractivity contribution in [2.24, 2.45) is 0 Å². The van der Waals surface area contributed by atoms with Crippen LogP contribution in [0.5, 0.6) is 11.5 Å². The van der Waals surface area contributed by atoms with Gasteiger partial charge in [-0.3, -0.25) is 10.2 Å². The number of hydrogen-bond donors (Lipinski definition) is 2. The minimum absolute atomic E-state index is 0.144. The van der Waals surface area contributed by atoms with E-state index in [9.17, 15) is 9.90 Å². The monoisotopic (exact) mass is 476 g/mol. The van der Waals surface area contributed by atoms with E-state index in [2.05, 4.69) is 5.32 Å². The van der Waals surface area contributed by atoms with Crippen LogP contribution in [0, 0.1) is 0 Å². The van der Waals surface area contributed by atoms with E-state index >= 15 is 0 Å². The highest BCUT2D eigenvalue weighted by molar-refractivity contribution is 5.93. The predicted octanol–water partition coefficient (Wildman–Crippen LogP) is 3.18. The van der Waals surface area contributed by atoms with E-state index in [1.807, 2.05) is 48.5 Å². The first-order valence-electron chi connectivity index (χ1n) is 11.3. The minimum Gasteiger partial charge on any atom is -0.497 e. The zero-order chi connectivity index (χ0) is 24.1. The molecule has 3 aliphatic heterocycles. The van der Waals surface area contributed by atoms with Crippen LogP contribution in [0.4, 0.5) is 10.6 Å². The van der Waals surface area contributed by atoms with Gasteiger partial charge < -0.3 is 24.1 Å². The van der Waals surface area contributed by atoms with Crippen LogP contribution in [0.2, 0.25) is 0 Å².